The van der Waals surface area contributed by atoms with Gasteiger partial charge in [-0.05, 0) is 17.5 Å². The first-order valence-electron chi connectivity index (χ1n) is 6.70. The first-order valence-corrected chi connectivity index (χ1v) is 7.95. The summed E-state index contributed by atoms with van der Waals surface area (Å²) in [6.07, 6.45) is 2.96. The van der Waals surface area contributed by atoms with Crippen LogP contribution in [0.4, 0.5) is 0 Å². The van der Waals surface area contributed by atoms with Gasteiger partial charge in [0.1, 0.15) is 6.54 Å². The van der Waals surface area contributed by atoms with Crippen LogP contribution in [-0.2, 0) is 16.0 Å². The number of fused-ring (bicyclic) bond motifs is 1. The largest absolute Gasteiger partial charge is 0.464 e. The van der Waals surface area contributed by atoms with Crippen molar-refractivity contribution in [2.75, 3.05) is 13.7 Å². The minimum absolute atomic E-state index is 0.293. The number of esters is 1. The molecule has 0 unspecified atom stereocenters. The Morgan fingerprint density at radius 2 is 2.19 bits per heavy atom. The van der Waals surface area contributed by atoms with E-state index in [0.717, 1.165) is 18.5 Å². The lowest BCUT2D eigenvalue weighted by Crippen LogP contribution is -2.32. The van der Waals surface area contributed by atoms with Gasteiger partial charge in [-0.25, -0.2) is 9.37 Å². The fourth-order valence-electron chi connectivity index (χ4n) is 2.60. The van der Waals surface area contributed by atoms with E-state index >= 15 is 0 Å². The van der Waals surface area contributed by atoms with Gasteiger partial charge in [0.2, 0.25) is 0 Å². The van der Waals surface area contributed by atoms with Crippen LogP contribution >= 0.6 is 22.9 Å². The van der Waals surface area contributed by atoms with Crippen molar-refractivity contribution in [1.82, 2.24) is 0 Å². The third-order valence-electron chi connectivity index (χ3n) is 3.64. The molecule has 0 N–H and O–H groups in total. The summed E-state index contributed by atoms with van der Waals surface area (Å²) in [6, 6.07) is 8.99. The van der Waals surface area contributed by atoms with Crippen LogP contribution in [0.25, 0.3) is 0 Å². The van der Waals surface area contributed by atoms with Crippen molar-refractivity contribution in [3.63, 3.8) is 0 Å². The fraction of sp³-hybridized carbons (Fsp3) is 0.250. The van der Waals surface area contributed by atoms with E-state index in [2.05, 4.69) is 11.4 Å². The summed E-state index contributed by atoms with van der Waals surface area (Å²) in [5.41, 5.74) is 1.95. The summed E-state index contributed by atoms with van der Waals surface area (Å²) in [6.45, 7) is 0.776. The summed E-state index contributed by atoms with van der Waals surface area (Å²) >= 11 is 8.02. The molecule has 0 saturated heterocycles. The Balaban J connectivity index is 2.06. The third kappa shape index (κ3) is 2.74. The monoisotopic (exact) mass is 320 g/mol. The zero-order valence-corrected chi connectivity index (χ0v) is 13.2. The Morgan fingerprint density at radius 3 is 2.95 bits per heavy atom. The maximum atomic E-state index is 12.3. The van der Waals surface area contributed by atoms with E-state index in [1.807, 2.05) is 29.0 Å². The maximum absolute atomic E-state index is 12.3. The molecule has 1 atom stereocenters. The quantitative estimate of drug-likeness (QED) is 0.641. The van der Waals surface area contributed by atoms with E-state index in [4.69, 9.17) is 16.3 Å². The molecule has 1 aromatic heterocycles. The second-order valence-electron chi connectivity index (χ2n) is 4.86. The normalized spacial score (nSPS) is 15.0. The molecule has 0 amide bonds. The van der Waals surface area contributed by atoms with Crippen LogP contribution in [-0.4, -0.2) is 30.4 Å². The smallest absolute Gasteiger partial charge is 0.380 e. The Labute approximate surface area is 132 Å². The summed E-state index contributed by atoms with van der Waals surface area (Å²) in [5, 5.41) is 2.66. The SMILES string of the molecule is COC(=O)[C@H](c1ccccc1Cl)[N+]1=Cc2ccsc2CC1. The average molecular weight is 321 g/mol. The van der Waals surface area contributed by atoms with Crippen LogP contribution in [0.1, 0.15) is 22.0 Å². The standard InChI is InChI=1S/C16H15ClNO2S/c1-20-16(19)15(12-4-2-3-5-13(12)17)18-8-6-14-11(10-18)7-9-21-14/h2-5,7,9-10,15H,6,8H2,1H3/q+1/t15-/m0/s1. The first kappa shape index (κ1) is 14.3. The lowest BCUT2D eigenvalue weighted by Gasteiger charge is -2.18. The topological polar surface area (TPSA) is 29.3 Å². The number of rotatable bonds is 3. The van der Waals surface area contributed by atoms with E-state index in [1.54, 1.807) is 17.4 Å². The molecule has 0 fully saturated rings. The molecular weight excluding hydrogens is 306 g/mol. The molecule has 3 nitrogen and oxygen atoms in total. The summed E-state index contributed by atoms with van der Waals surface area (Å²) < 4.78 is 7.00. The highest BCUT2D eigenvalue weighted by molar-refractivity contribution is 7.10. The van der Waals surface area contributed by atoms with Gasteiger partial charge in [0.25, 0.3) is 6.04 Å². The number of nitrogens with zero attached hydrogens (tertiary/aromatic N) is 1. The number of halogens is 1. The predicted octanol–water partition coefficient (Wildman–Crippen LogP) is 3.30. The predicted molar refractivity (Wildman–Crippen MR) is 84.5 cm³/mol. The van der Waals surface area contributed by atoms with Crippen molar-refractivity contribution in [2.45, 2.75) is 12.5 Å². The lowest BCUT2D eigenvalue weighted by molar-refractivity contribution is -0.557. The fourth-order valence-corrected chi connectivity index (χ4v) is 3.68. The zero-order valence-electron chi connectivity index (χ0n) is 11.6. The van der Waals surface area contributed by atoms with Gasteiger partial charge in [0, 0.05) is 16.9 Å². The highest BCUT2D eigenvalue weighted by Gasteiger charge is 2.35. The van der Waals surface area contributed by atoms with Crippen LogP contribution in [0.2, 0.25) is 5.02 Å². The maximum Gasteiger partial charge on any atom is 0.380 e. The van der Waals surface area contributed by atoms with E-state index < -0.39 is 6.04 Å². The number of thiophene rings is 1. The number of ether oxygens (including phenoxy) is 1. The zero-order chi connectivity index (χ0) is 14.8. The van der Waals surface area contributed by atoms with Crippen molar-refractivity contribution in [1.29, 1.82) is 0 Å². The van der Waals surface area contributed by atoms with Crippen molar-refractivity contribution in [3.05, 3.63) is 56.7 Å². The summed E-state index contributed by atoms with van der Waals surface area (Å²) in [5.74, 6) is -0.293. The van der Waals surface area contributed by atoms with Crippen LogP contribution < -0.4 is 0 Å². The first-order chi connectivity index (χ1) is 10.2. The molecule has 21 heavy (non-hydrogen) atoms. The van der Waals surface area contributed by atoms with Crippen molar-refractivity contribution in [2.24, 2.45) is 0 Å². The number of carbonyl (C=O) groups excluding carboxylic acids is 1. The molecule has 1 aliphatic rings. The number of hydrogen-bond acceptors (Lipinski definition) is 3. The average Bonchev–Trinajstić information content (AvgIpc) is 2.97. The van der Waals surface area contributed by atoms with Crippen LogP contribution in [0.15, 0.2) is 35.7 Å². The molecule has 3 rings (SSSR count). The molecule has 1 aliphatic heterocycles. The Kier molecular flexibility index (Phi) is 4.08. The lowest BCUT2D eigenvalue weighted by atomic mass is 10.0. The Bertz CT molecular complexity index is 708. The minimum atomic E-state index is -0.503. The van der Waals surface area contributed by atoms with E-state index in [9.17, 15) is 4.79 Å². The summed E-state index contributed by atoms with van der Waals surface area (Å²) in [7, 11) is 1.41. The number of methoxy groups -OCH3 is 1. The molecule has 0 bridgehead atoms. The molecule has 2 aromatic rings. The van der Waals surface area contributed by atoms with Crippen molar-refractivity contribution < 1.29 is 14.1 Å². The van der Waals surface area contributed by atoms with Crippen molar-refractivity contribution >= 4 is 35.1 Å². The molecule has 0 spiro atoms. The van der Waals surface area contributed by atoms with E-state index in [-0.39, 0.29) is 5.97 Å². The second-order valence-corrected chi connectivity index (χ2v) is 6.27. The molecule has 2 heterocycles. The van der Waals surface area contributed by atoms with Gasteiger partial charge in [-0.3, -0.25) is 0 Å². The molecule has 1 aromatic carbocycles. The highest BCUT2D eigenvalue weighted by Crippen LogP contribution is 2.29. The molecular formula is C16H15ClNO2S+. The summed E-state index contributed by atoms with van der Waals surface area (Å²) in [4.78, 5) is 13.6. The molecule has 108 valence electrons. The second kappa shape index (κ2) is 6.00. The van der Waals surface area contributed by atoms with Gasteiger partial charge in [0.05, 0.1) is 17.7 Å². The van der Waals surface area contributed by atoms with Crippen molar-refractivity contribution in [3.8, 4) is 0 Å². The third-order valence-corrected chi connectivity index (χ3v) is 4.98. The van der Waals surface area contributed by atoms with Gasteiger partial charge >= 0.3 is 5.97 Å². The molecule has 0 aliphatic carbocycles. The van der Waals surface area contributed by atoms with Crippen LogP contribution in [0.5, 0.6) is 0 Å². The minimum Gasteiger partial charge on any atom is -0.464 e. The highest BCUT2D eigenvalue weighted by atomic mass is 35.5. The Morgan fingerprint density at radius 1 is 1.38 bits per heavy atom. The van der Waals surface area contributed by atoms with Gasteiger partial charge in [-0.15, -0.1) is 11.3 Å². The van der Waals surface area contributed by atoms with Gasteiger partial charge in [0.15, 0.2) is 6.21 Å². The van der Waals surface area contributed by atoms with Crippen LogP contribution in [0.3, 0.4) is 0 Å². The molecule has 5 heteroatoms. The number of benzene rings is 1. The van der Waals surface area contributed by atoms with E-state index in [0.29, 0.717) is 5.02 Å². The van der Waals surface area contributed by atoms with Gasteiger partial charge < -0.3 is 4.74 Å². The Hall–Kier alpha value is -1.65. The van der Waals surface area contributed by atoms with Gasteiger partial charge in [-0.2, -0.15) is 0 Å². The van der Waals surface area contributed by atoms with Gasteiger partial charge in [-0.1, -0.05) is 29.8 Å². The number of carbonyl (C=O) groups is 1. The number of hydrogen-bond donors (Lipinski definition) is 0. The van der Waals surface area contributed by atoms with E-state index in [1.165, 1.54) is 17.6 Å². The molecule has 0 saturated carbocycles. The molecule has 0 radical (unpaired) electrons. The van der Waals surface area contributed by atoms with Crippen LogP contribution in [0, 0.1) is 0 Å².